The van der Waals surface area contributed by atoms with Crippen molar-refractivity contribution in [1.82, 2.24) is 5.32 Å². The maximum Gasteiger partial charge on any atom is 0.219 e. The van der Waals surface area contributed by atoms with E-state index in [0.29, 0.717) is 5.41 Å². The highest BCUT2D eigenvalue weighted by molar-refractivity contribution is 5.75. The van der Waals surface area contributed by atoms with Gasteiger partial charge in [0.25, 0.3) is 0 Å². The van der Waals surface area contributed by atoms with E-state index < -0.39 is 0 Å². The zero-order chi connectivity index (χ0) is 25.7. The lowest BCUT2D eigenvalue weighted by Crippen LogP contribution is -2.51. The maximum atomic E-state index is 11.8. The first-order valence-electron chi connectivity index (χ1n) is 15.7. The van der Waals surface area contributed by atoms with Gasteiger partial charge < -0.3 is 5.32 Å². The van der Waals surface area contributed by atoms with Crippen LogP contribution >= 0.6 is 0 Å². The molecule has 2 nitrogen and oxygen atoms in total. The predicted octanol–water partition coefficient (Wildman–Crippen LogP) is 10.3. The van der Waals surface area contributed by atoms with Gasteiger partial charge in [-0.3, -0.25) is 4.79 Å². The van der Waals surface area contributed by atoms with E-state index in [9.17, 15) is 4.79 Å². The Labute approximate surface area is 222 Å². The van der Waals surface area contributed by atoms with E-state index >= 15 is 0 Å². The first-order chi connectivity index (χ1) is 16.5. The van der Waals surface area contributed by atoms with Crippen molar-refractivity contribution >= 4 is 5.91 Å². The summed E-state index contributed by atoms with van der Waals surface area (Å²) in [6, 6.07) is 0. The van der Waals surface area contributed by atoms with Gasteiger partial charge in [0.15, 0.2) is 0 Å². The van der Waals surface area contributed by atoms with Crippen LogP contribution in [0, 0.1) is 46.8 Å². The van der Waals surface area contributed by atoms with Crippen LogP contribution in [0.25, 0.3) is 0 Å². The average molecular weight is 494 g/mol. The number of fused-ring (bicyclic) bond motifs is 5. The van der Waals surface area contributed by atoms with Crippen molar-refractivity contribution in [3.8, 4) is 0 Å². The number of amides is 1. The summed E-state index contributed by atoms with van der Waals surface area (Å²) < 4.78 is 0. The summed E-state index contributed by atoms with van der Waals surface area (Å²) in [5.41, 5.74) is 0.568. The molecule has 35 heavy (non-hydrogen) atoms. The van der Waals surface area contributed by atoms with Crippen molar-refractivity contribution in [1.29, 1.82) is 0 Å². The van der Waals surface area contributed by atoms with Gasteiger partial charge in [-0.1, -0.05) is 88.5 Å². The molecule has 2 heteroatoms. The van der Waals surface area contributed by atoms with Gasteiger partial charge in [-0.05, 0) is 105 Å². The monoisotopic (exact) mass is 494 g/mol. The van der Waals surface area contributed by atoms with Crippen LogP contribution in [-0.2, 0) is 4.79 Å². The molecule has 8 unspecified atom stereocenters. The number of carbonyl (C=O) groups is 1. The van der Waals surface area contributed by atoms with Crippen molar-refractivity contribution in [2.24, 2.45) is 46.8 Å². The summed E-state index contributed by atoms with van der Waals surface area (Å²) in [5.74, 6) is 7.24. The molecule has 0 spiro atoms. The van der Waals surface area contributed by atoms with Crippen LogP contribution in [0.3, 0.4) is 0 Å². The first kappa shape index (κ1) is 34.5. The molecule has 210 valence electrons. The Kier molecular flexibility index (Phi) is 17.6. The maximum absolute atomic E-state index is 11.8. The summed E-state index contributed by atoms with van der Waals surface area (Å²) in [6.45, 7) is 20.3. The van der Waals surface area contributed by atoms with Crippen molar-refractivity contribution in [3.05, 3.63) is 0 Å². The van der Waals surface area contributed by atoms with Crippen molar-refractivity contribution in [2.45, 2.75) is 153 Å². The van der Waals surface area contributed by atoms with Crippen LogP contribution in [0.1, 0.15) is 153 Å². The molecule has 4 saturated carbocycles. The SMILES string of the molecule is C.CC.CC.CCC.CCNC(=O)CCCC1CCC2C3C(C)CC4CCCCC4C3CCC12C. The molecule has 0 aliphatic heterocycles. The summed E-state index contributed by atoms with van der Waals surface area (Å²) in [6.07, 6.45) is 17.8. The highest BCUT2D eigenvalue weighted by Gasteiger charge is 2.57. The molecule has 1 N–H and O–H groups in total. The Hall–Kier alpha value is -0.530. The molecule has 0 heterocycles. The Balaban J connectivity index is 0.00000132. The number of hydrogen-bond acceptors (Lipinski definition) is 1. The third-order valence-corrected chi connectivity index (χ3v) is 9.76. The molecular weight excluding hydrogens is 426 g/mol. The van der Waals surface area contributed by atoms with Gasteiger partial charge in [-0.2, -0.15) is 0 Å². The first-order valence-corrected chi connectivity index (χ1v) is 15.7. The fourth-order valence-corrected chi connectivity index (χ4v) is 8.65. The van der Waals surface area contributed by atoms with Crippen LogP contribution in [0.2, 0.25) is 0 Å². The normalized spacial score (nSPS) is 36.5. The molecule has 0 bridgehead atoms. The summed E-state index contributed by atoms with van der Waals surface area (Å²) in [5, 5.41) is 2.97. The summed E-state index contributed by atoms with van der Waals surface area (Å²) in [7, 11) is 0. The topological polar surface area (TPSA) is 29.1 Å². The Morgan fingerprint density at radius 2 is 1.54 bits per heavy atom. The molecule has 4 rings (SSSR count). The third-order valence-electron chi connectivity index (χ3n) is 9.76. The fourth-order valence-electron chi connectivity index (χ4n) is 8.65. The van der Waals surface area contributed by atoms with Gasteiger partial charge in [-0.15, -0.1) is 0 Å². The molecular formula is C33H67NO. The molecule has 0 aromatic rings. The highest BCUT2D eigenvalue weighted by Crippen LogP contribution is 2.66. The van der Waals surface area contributed by atoms with Crippen LogP contribution in [0.5, 0.6) is 0 Å². The number of nitrogens with one attached hydrogen (secondary N) is 1. The predicted molar refractivity (Wildman–Crippen MR) is 158 cm³/mol. The van der Waals surface area contributed by atoms with Crippen LogP contribution < -0.4 is 5.32 Å². The fraction of sp³-hybridized carbons (Fsp3) is 0.970. The Bertz CT molecular complexity index is 545. The van der Waals surface area contributed by atoms with E-state index in [4.69, 9.17) is 0 Å². The second-order valence-corrected chi connectivity index (χ2v) is 11.6. The molecule has 4 aliphatic carbocycles. The Morgan fingerprint density at radius 3 is 2.17 bits per heavy atom. The molecule has 0 aromatic carbocycles. The van der Waals surface area contributed by atoms with Crippen molar-refractivity contribution in [2.75, 3.05) is 6.54 Å². The quantitative estimate of drug-likeness (QED) is 0.405. The lowest BCUT2D eigenvalue weighted by atomic mass is 9.47. The minimum absolute atomic E-state index is 0. The smallest absolute Gasteiger partial charge is 0.219 e. The zero-order valence-corrected chi connectivity index (χ0v) is 24.8. The van der Waals surface area contributed by atoms with Gasteiger partial charge in [0.2, 0.25) is 5.91 Å². The van der Waals surface area contributed by atoms with E-state index in [-0.39, 0.29) is 13.3 Å². The van der Waals surface area contributed by atoms with Crippen molar-refractivity contribution < 1.29 is 4.79 Å². The van der Waals surface area contributed by atoms with Crippen LogP contribution in [0.15, 0.2) is 0 Å². The van der Waals surface area contributed by atoms with Gasteiger partial charge in [0.1, 0.15) is 0 Å². The van der Waals surface area contributed by atoms with E-state index in [1.165, 1.54) is 70.6 Å². The van der Waals surface area contributed by atoms with E-state index in [2.05, 4.69) is 33.0 Å². The third kappa shape index (κ3) is 8.49. The van der Waals surface area contributed by atoms with Gasteiger partial charge >= 0.3 is 0 Å². The second-order valence-electron chi connectivity index (χ2n) is 11.6. The minimum Gasteiger partial charge on any atom is -0.356 e. The molecule has 4 fully saturated rings. The summed E-state index contributed by atoms with van der Waals surface area (Å²) >= 11 is 0. The van der Waals surface area contributed by atoms with Gasteiger partial charge in [0.05, 0.1) is 0 Å². The molecule has 4 aliphatic rings. The standard InChI is InChI=1S/C25H43NO.C3H8.2C2H6.CH4/c1-4-26-23(27)11-7-9-19-12-13-22-24-17(2)16-18-8-5-6-10-20(18)21(24)14-15-25(19,22)3;1-3-2;2*1-2;/h17-22,24H,4-16H2,1-3H3,(H,26,27);3H2,1-2H3;2*1-2H3;1H4. The molecule has 0 saturated heterocycles. The van der Waals surface area contributed by atoms with E-state index in [0.717, 1.165) is 60.8 Å². The van der Waals surface area contributed by atoms with Crippen LogP contribution in [-0.4, -0.2) is 12.5 Å². The number of rotatable bonds is 5. The highest BCUT2D eigenvalue weighted by atomic mass is 16.1. The van der Waals surface area contributed by atoms with Crippen molar-refractivity contribution in [3.63, 3.8) is 0 Å². The second kappa shape index (κ2) is 17.8. The molecule has 0 radical (unpaired) electrons. The zero-order valence-electron chi connectivity index (χ0n) is 24.8. The minimum atomic E-state index is 0. The molecule has 1 amide bonds. The van der Waals surface area contributed by atoms with E-state index in [1.807, 2.05) is 34.6 Å². The van der Waals surface area contributed by atoms with Crippen LogP contribution in [0.4, 0.5) is 0 Å². The molecule has 8 atom stereocenters. The number of hydrogen-bond donors (Lipinski definition) is 1. The molecule has 0 aromatic heterocycles. The average Bonchev–Trinajstić information content (AvgIpc) is 3.18. The summed E-state index contributed by atoms with van der Waals surface area (Å²) in [4.78, 5) is 11.8. The largest absolute Gasteiger partial charge is 0.356 e. The Morgan fingerprint density at radius 1 is 0.914 bits per heavy atom. The van der Waals surface area contributed by atoms with Gasteiger partial charge in [-0.25, -0.2) is 0 Å². The number of carbonyl (C=O) groups excluding carboxylic acids is 1. The van der Waals surface area contributed by atoms with E-state index in [1.54, 1.807) is 0 Å². The van der Waals surface area contributed by atoms with Gasteiger partial charge in [0, 0.05) is 13.0 Å². The lowest BCUT2D eigenvalue weighted by Gasteiger charge is -2.58. The lowest BCUT2D eigenvalue weighted by molar-refractivity contribution is -0.121.